The molecule has 0 saturated heterocycles. The van der Waals surface area contributed by atoms with Crippen molar-refractivity contribution >= 4 is 11.4 Å². The first kappa shape index (κ1) is 13.2. The number of hydrogen-bond donors (Lipinski definition) is 1. The number of nitrogens with zero attached hydrogens (tertiary/aromatic N) is 1. The molecule has 0 saturated carbocycles. The van der Waals surface area contributed by atoms with Crippen molar-refractivity contribution in [1.29, 1.82) is 0 Å². The van der Waals surface area contributed by atoms with E-state index in [9.17, 15) is 18.3 Å². The Balaban J connectivity index is 2.47. The number of para-hydroxylation sites is 1. The van der Waals surface area contributed by atoms with Gasteiger partial charge in [-0.1, -0.05) is 12.1 Å². The molecule has 1 aromatic carbocycles. The van der Waals surface area contributed by atoms with Crippen molar-refractivity contribution in [2.24, 2.45) is 4.99 Å². The Labute approximate surface area is 107 Å². The van der Waals surface area contributed by atoms with Crippen molar-refractivity contribution in [3.05, 3.63) is 47.7 Å². The molecule has 0 aliphatic carbocycles. The molecular weight excluding hydrogens is 259 g/mol. The number of benzene rings is 1. The lowest BCUT2D eigenvalue weighted by atomic mass is 10.1. The molecule has 19 heavy (non-hydrogen) atoms. The molecule has 1 N–H and O–H groups in total. The van der Waals surface area contributed by atoms with E-state index in [1.165, 1.54) is 37.5 Å². The summed E-state index contributed by atoms with van der Waals surface area (Å²) in [7, 11) is 0. The maximum Gasteiger partial charge on any atom is 0.418 e. The van der Waals surface area contributed by atoms with Gasteiger partial charge in [0.25, 0.3) is 5.95 Å². The second kappa shape index (κ2) is 4.79. The molecule has 0 spiro atoms. The van der Waals surface area contributed by atoms with Crippen LogP contribution in [-0.2, 0) is 6.18 Å². The van der Waals surface area contributed by atoms with Gasteiger partial charge in [-0.2, -0.15) is 13.2 Å². The van der Waals surface area contributed by atoms with Gasteiger partial charge in [0.1, 0.15) is 0 Å². The number of furan rings is 1. The smallest absolute Gasteiger partial charge is 0.418 e. The first-order valence-corrected chi connectivity index (χ1v) is 5.38. The van der Waals surface area contributed by atoms with Crippen LogP contribution in [0.4, 0.5) is 18.9 Å². The molecule has 2 aromatic rings. The average molecular weight is 269 g/mol. The first-order chi connectivity index (χ1) is 8.89. The van der Waals surface area contributed by atoms with Gasteiger partial charge in [0.2, 0.25) is 0 Å². The molecule has 2 rings (SSSR count). The van der Waals surface area contributed by atoms with Gasteiger partial charge in [0.15, 0.2) is 0 Å². The molecule has 0 aliphatic rings. The van der Waals surface area contributed by atoms with E-state index in [4.69, 9.17) is 0 Å². The Morgan fingerprint density at radius 1 is 1.21 bits per heavy atom. The summed E-state index contributed by atoms with van der Waals surface area (Å²) in [6.07, 6.45) is -3.24. The Hall–Kier alpha value is -2.24. The lowest BCUT2D eigenvalue weighted by Crippen LogP contribution is -2.05. The minimum atomic E-state index is -4.47. The predicted octanol–water partition coefficient (Wildman–Crippen LogP) is 4.14. The Morgan fingerprint density at radius 2 is 1.89 bits per heavy atom. The van der Waals surface area contributed by atoms with Crippen molar-refractivity contribution < 1.29 is 22.7 Å². The molecular formula is C13H10F3NO2. The number of rotatable bonds is 2. The van der Waals surface area contributed by atoms with Crippen molar-refractivity contribution in [3.8, 4) is 5.95 Å². The molecule has 6 heteroatoms. The van der Waals surface area contributed by atoms with E-state index in [1.807, 2.05) is 0 Å². The van der Waals surface area contributed by atoms with Gasteiger partial charge in [-0.25, -0.2) is 0 Å². The van der Waals surface area contributed by atoms with E-state index in [-0.39, 0.29) is 22.9 Å². The fourth-order valence-electron chi connectivity index (χ4n) is 1.63. The molecule has 0 radical (unpaired) electrons. The molecule has 1 aromatic heterocycles. The maximum absolute atomic E-state index is 12.8. The third-order valence-electron chi connectivity index (χ3n) is 2.53. The lowest BCUT2D eigenvalue weighted by molar-refractivity contribution is -0.137. The zero-order valence-corrected chi connectivity index (χ0v) is 9.90. The van der Waals surface area contributed by atoms with E-state index >= 15 is 0 Å². The van der Waals surface area contributed by atoms with Crippen LogP contribution >= 0.6 is 0 Å². The highest BCUT2D eigenvalue weighted by molar-refractivity contribution is 6.02. The van der Waals surface area contributed by atoms with Crippen LogP contribution in [0.1, 0.15) is 18.1 Å². The monoisotopic (exact) mass is 269 g/mol. The number of aromatic hydroxyl groups is 1. The van der Waals surface area contributed by atoms with Crippen LogP contribution in [0.2, 0.25) is 0 Å². The highest BCUT2D eigenvalue weighted by atomic mass is 19.4. The van der Waals surface area contributed by atoms with E-state index in [2.05, 4.69) is 9.41 Å². The number of halogens is 3. The van der Waals surface area contributed by atoms with Crippen molar-refractivity contribution in [2.45, 2.75) is 13.1 Å². The normalized spacial score (nSPS) is 12.7. The van der Waals surface area contributed by atoms with Crippen LogP contribution in [0.15, 0.2) is 46.0 Å². The summed E-state index contributed by atoms with van der Waals surface area (Å²) in [4.78, 5) is 3.91. The van der Waals surface area contributed by atoms with Gasteiger partial charge in [-0.15, -0.1) is 0 Å². The summed E-state index contributed by atoms with van der Waals surface area (Å²) >= 11 is 0. The van der Waals surface area contributed by atoms with Crippen molar-refractivity contribution in [3.63, 3.8) is 0 Å². The number of hydrogen-bond acceptors (Lipinski definition) is 3. The van der Waals surface area contributed by atoms with Gasteiger partial charge in [-0.05, 0) is 25.1 Å². The minimum Gasteiger partial charge on any atom is -0.480 e. The largest absolute Gasteiger partial charge is 0.480 e. The Kier molecular flexibility index (Phi) is 3.33. The van der Waals surface area contributed by atoms with Gasteiger partial charge in [0.05, 0.1) is 28.8 Å². The number of aliphatic imine (C=N–C) groups is 1. The van der Waals surface area contributed by atoms with Gasteiger partial charge < -0.3 is 9.52 Å². The second-order valence-corrected chi connectivity index (χ2v) is 3.85. The zero-order valence-electron chi connectivity index (χ0n) is 9.90. The third-order valence-corrected chi connectivity index (χ3v) is 2.53. The maximum atomic E-state index is 12.8. The highest BCUT2D eigenvalue weighted by Gasteiger charge is 2.33. The Morgan fingerprint density at radius 3 is 2.47 bits per heavy atom. The van der Waals surface area contributed by atoms with E-state index in [0.717, 1.165) is 6.07 Å². The fraction of sp³-hybridized carbons (Fsp3) is 0.154. The highest BCUT2D eigenvalue weighted by Crippen LogP contribution is 2.36. The molecule has 0 fully saturated rings. The van der Waals surface area contributed by atoms with E-state index < -0.39 is 11.7 Å². The molecule has 0 unspecified atom stereocenters. The molecule has 0 bridgehead atoms. The van der Waals surface area contributed by atoms with Crippen LogP contribution < -0.4 is 0 Å². The zero-order chi connectivity index (χ0) is 14.0. The summed E-state index contributed by atoms with van der Waals surface area (Å²) in [6, 6.07) is 6.43. The molecule has 0 aliphatic heterocycles. The summed E-state index contributed by atoms with van der Waals surface area (Å²) in [5, 5.41) is 9.36. The van der Waals surface area contributed by atoms with Gasteiger partial charge >= 0.3 is 6.18 Å². The van der Waals surface area contributed by atoms with Crippen LogP contribution in [0.5, 0.6) is 5.95 Å². The first-order valence-electron chi connectivity index (χ1n) is 5.38. The second-order valence-electron chi connectivity index (χ2n) is 3.85. The van der Waals surface area contributed by atoms with Crippen LogP contribution in [0.25, 0.3) is 0 Å². The van der Waals surface area contributed by atoms with Gasteiger partial charge in [0, 0.05) is 0 Å². The van der Waals surface area contributed by atoms with Crippen LogP contribution in [0, 0.1) is 0 Å². The molecule has 100 valence electrons. The molecule has 3 nitrogen and oxygen atoms in total. The molecule has 1 heterocycles. The SMILES string of the molecule is CC(=Nc1ccccc1C(F)(F)F)c1ccoc1O. The van der Waals surface area contributed by atoms with Gasteiger partial charge in [-0.3, -0.25) is 4.99 Å². The minimum absolute atomic E-state index is 0.201. The van der Waals surface area contributed by atoms with E-state index in [1.54, 1.807) is 0 Å². The van der Waals surface area contributed by atoms with Crippen LogP contribution in [0.3, 0.4) is 0 Å². The van der Waals surface area contributed by atoms with E-state index in [0.29, 0.717) is 0 Å². The molecule has 0 atom stereocenters. The summed E-state index contributed by atoms with van der Waals surface area (Å²) < 4.78 is 43.0. The van der Waals surface area contributed by atoms with Crippen LogP contribution in [-0.4, -0.2) is 10.8 Å². The summed E-state index contributed by atoms with van der Waals surface area (Å²) in [5.74, 6) is -0.370. The fourth-order valence-corrected chi connectivity index (χ4v) is 1.63. The Bertz CT molecular complexity index is 614. The summed E-state index contributed by atoms with van der Waals surface area (Å²) in [6.45, 7) is 1.50. The lowest BCUT2D eigenvalue weighted by Gasteiger charge is -2.09. The van der Waals surface area contributed by atoms with Crippen molar-refractivity contribution in [2.75, 3.05) is 0 Å². The average Bonchev–Trinajstić information content (AvgIpc) is 2.75. The quantitative estimate of drug-likeness (QED) is 0.832. The topological polar surface area (TPSA) is 45.7 Å². The predicted molar refractivity (Wildman–Crippen MR) is 63.7 cm³/mol. The number of alkyl halides is 3. The third kappa shape index (κ3) is 2.78. The standard InChI is InChI=1S/C13H10F3NO2/c1-8(9-6-7-19-12(9)18)17-11-5-3-2-4-10(11)13(14,15)16/h2-7,18H,1H3. The molecule has 0 amide bonds. The van der Waals surface area contributed by atoms with Crippen molar-refractivity contribution in [1.82, 2.24) is 0 Å². The summed E-state index contributed by atoms with van der Waals surface area (Å²) in [5.41, 5.74) is -0.523.